The van der Waals surface area contributed by atoms with Crippen molar-refractivity contribution in [1.82, 2.24) is 5.32 Å². The lowest BCUT2D eigenvalue weighted by Gasteiger charge is -2.03. The smallest absolute Gasteiger partial charge is 0.252 e. The van der Waals surface area contributed by atoms with Crippen molar-refractivity contribution in [3.05, 3.63) is 55.8 Å². The number of amides is 1. The van der Waals surface area contributed by atoms with Crippen LogP contribution in [0.3, 0.4) is 0 Å². The summed E-state index contributed by atoms with van der Waals surface area (Å²) in [5.41, 5.74) is 1.21. The summed E-state index contributed by atoms with van der Waals surface area (Å²) in [6.45, 7) is 0.0231. The Kier molecular flexibility index (Phi) is 4.48. The van der Waals surface area contributed by atoms with Crippen LogP contribution in [0.15, 0.2) is 41.8 Å². The van der Waals surface area contributed by atoms with Gasteiger partial charge in [-0.3, -0.25) is 9.59 Å². The molecule has 0 aliphatic rings. The average molecular weight is 371 g/mol. The van der Waals surface area contributed by atoms with Gasteiger partial charge in [-0.05, 0) is 28.7 Å². The Morgan fingerprint density at radius 2 is 1.89 bits per heavy atom. The van der Waals surface area contributed by atoms with Crippen LogP contribution in [-0.4, -0.2) is 18.2 Å². The first-order valence-electron chi connectivity index (χ1n) is 5.27. The predicted octanol–water partition coefficient (Wildman–Crippen LogP) is 2.97. The van der Waals surface area contributed by atoms with E-state index < -0.39 is 0 Å². The van der Waals surface area contributed by atoms with E-state index in [1.165, 1.54) is 11.3 Å². The van der Waals surface area contributed by atoms with Crippen molar-refractivity contribution in [3.63, 3.8) is 0 Å². The second-order valence-corrected chi connectivity index (χ2v) is 6.42. The maximum absolute atomic E-state index is 11.8. The van der Waals surface area contributed by atoms with E-state index in [2.05, 4.69) is 27.9 Å². The lowest BCUT2D eigenvalue weighted by molar-refractivity contribution is 0.0904. The molecule has 3 nitrogen and oxygen atoms in total. The summed E-state index contributed by atoms with van der Waals surface area (Å²) < 4.78 is 1.05. The number of hydrogen-bond acceptors (Lipinski definition) is 3. The first-order valence-corrected chi connectivity index (χ1v) is 7.23. The maximum atomic E-state index is 11.8. The van der Waals surface area contributed by atoms with Crippen molar-refractivity contribution in [2.75, 3.05) is 6.54 Å². The van der Waals surface area contributed by atoms with Crippen LogP contribution in [0.25, 0.3) is 0 Å². The lowest BCUT2D eigenvalue weighted by Crippen LogP contribution is -2.29. The molecule has 1 amide bonds. The summed E-state index contributed by atoms with van der Waals surface area (Å²) in [6.07, 6.45) is 0. The van der Waals surface area contributed by atoms with Gasteiger partial charge in [-0.25, -0.2) is 0 Å². The van der Waals surface area contributed by atoms with E-state index in [0.29, 0.717) is 11.1 Å². The molecule has 0 saturated heterocycles. The number of rotatable bonds is 4. The van der Waals surface area contributed by atoms with Gasteiger partial charge in [-0.2, -0.15) is 0 Å². The van der Waals surface area contributed by atoms with Crippen molar-refractivity contribution in [2.45, 2.75) is 0 Å². The van der Waals surface area contributed by atoms with Gasteiger partial charge >= 0.3 is 0 Å². The average Bonchev–Trinajstić information content (AvgIpc) is 2.83. The third kappa shape index (κ3) is 3.39. The minimum Gasteiger partial charge on any atom is -0.345 e. The highest BCUT2D eigenvalue weighted by atomic mass is 127. The lowest BCUT2D eigenvalue weighted by atomic mass is 10.1. The van der Waals surface area contributed by atoms with Crippen LogP contribution in [-0.2, 0) is 0 Å². The van der Waals surface area contributed by atoms with Crippen LogP contribution in [0.5, 0.6) is 0 Å². The molecular weight excluding hydrogens is 361 g/mol. The highest BCUT2D eigenvalue weighted by molar-refractivity contribution is 14.1. The Bertz CT molecular complexity index is 565. The fraction of sp³-hybridized carbons (Fsp3) is 0.0769. The van der Waals surface area contributed by atoms with E-state index in [1.807, 2.05) is 6.07 Å². The largest absolute Gasteiger partial charge is 0.345 e. The first-order chi connectivity index (χ1) is 8.66. The molecule has 0 aliphatic heterocycles. The number of hydrogen-bond donors (Lipinski definition) is 1. The fourth-order valence-corrected chi connectivity index (χ4v) is 2.74. The zero-order chi connectivity index (χ0) is 13.0. The molecule has 0 fully saturated rings. The van der Waals surface area contributed by atoms with E-state index in [0.717, 1.165) is 2.88 Å². The second kappa shape index (κ2) is 6.10. The summed E-state index contributed by atoms with van der Waals surface area (Å²) in [7, 11) is 0. The molecule has 1 heterocycles. The zero-order valence-electron chi connectivity index (χ0n) is 9.35. The van der Waals surface area contributed by atoms with Gasteiger partial charge in [0.05, 0.1) is 15.0 Å². The van der Waals surface area contributed by atoms with Crippen LogP contribution in [0, 0.1) is 2.88 Å². The number of Topliss-reactive ketones (excluding diaryl/α,β-unsaturated/α-hetero) is 1. The third-order valence-electron chi connectivity index (χ3n) is 2.33. The molecule has 5 heteroatoms. The van der Waals surface area contributed by atoms with Crippen LogP contribution < -0.4 is 5.32 Å². The highest BCUT2D eigenvalue weighted by Gasteiger charge is 2.10. The van der Waals surface area contributed by atoms with E-state index in [9.17, 15) is 9.59 Å². The van der Waals surface area contributed by atoms with E-state index in [1.54, 1.807) is 35.7 Å². The minimum absolute atomic E-state index is 0.0231. The molecule has 0 saturated carbocycles. The number of carbonyl (C=O) groups excluding carboxylic acids is 2. The van der Waals surface area contributed by atoms with Crippen molar-refractivity contribution in [3.8, 4) is 0 Å². The summed E-state index contributed by atoms with van der Waals surface area (Å²) in [5.74, 6) is -0.299. The molecule has 0 unspecified atom stereocenters. The Labute approximate surface area is 122 Å². The summed E-state index contributed by atoms with van der Waals surface area (Å²) in [5, 5.41) is 4.41. The SMILES string of the molecule is O=C(CNC(=O)c1csc(I)c1)c1ccccc1. The Balaban J connectivity index is 1.92. The Hall–Kier alpha value is -1.21. The minimum atomic E-state index is -0.210. The number of nitrogens with one attached hydrogen (secondary N) is 1. The third-order valence-corrected chi connectivity index (χ3v) is 4.12. The summed E-state index contributed by atoms with van der Waals surface area (Å²) >= 11 is 3.66. The standard InChI is InChI=1S/C13H10INO2S/c14-12-6-10(8-18-12)13(17)15-7-11(16)9-4-2-1-3-5-9/h1-6,8H,7H2,(H,15,17). The molecule has 0 aliphatic carbocycles. The van der Waals surface area contributed by atoms with Crippen LogP contribution in [0.1, 0.15) is 20.7 Å². The van der Waals surface area contributed by atoms with Gasteiger partial charge < -0.3 is 5.32 Å². The number of carbonyl (C=O) groups is 2. The maximum Gasteiger partial charge on any atom is 0.252 e. The molecule has 1 aromatic carbocycles. The number of halogens is 1. The predicted molar refractivity (Wildman–Crippen MR) is 80.1 cm³/mol. The quantitative estimate of drug-likeness (QED) is 0.664. The zero-order valence-corrected chi connectivity index (χ0v) is 12.3. The molecule has 0 bridgehead atoms. The molecule has 1 aromatic heterocycles. The Morgan fingerprint density at radius 1 is 1.17 bits per heavy atom. The second-order valence-electron chi connectivity index (χ2n) is 3.61. The van der Waals surface area contributed by atoms with Gasteiger partial charge in [-0.1, -0.05) is 30.3 Å². The van der Waals surface area contributed by atoms with Crippen LogP contribution in [0.4, 0.5) is 0 Å². The summed E-state index contributed by atoms with van der Waals surface area (Å²) in [6, 6.07) is 10.7. The van der Waals surface area contributed by atoms with Gasteiger partial charge in [0.25, 0.3) is 5.91 Å². The van der Waals surface area contributed by atoms with Gasteiger partial charge in [0.1, 0.15) is 0 Å². The molecule has 0 spiro atoms. The van der Waals surface area contributed by atoms with Crippen LogP contribution in [0.2, 0.25) is 0 Å². The molecule has 1 N–H and O–H groups in total. The van der Waals surface area contributed by atoms with Crippen molar-refractivity contribution in [2.24, 2.45) is 0 Å². The molecular formula is C13H10INO2S. The fourth-order valence-electron chi connectivity index (χ4n) is 1.42. The van der Waals surface area contributed by atoms with Gasteiger partial charge in [0.15, 0.2) is 5.78 Å². The number of thiophene rings is 1. The van der Waals surface area contributed by atoms with Gasteiger partial charge in [0, 0.05) is 10.9 Å². The normalized spacial score (nSPS) is 10.1. The van der Waals surface area contributed by atoms with Crippen molar-refractivity contribution < 1.29 is 9.59 Å². The first kappa shape index (κ1) is 13.2. The molecule has 2 rings (SSSR count). The number of benzene rings is 1. The topological polar surface area (TPSA) is 46.2 Å². The van der Waals surface area contributed by atoms with Crippen LogP contribution >= 0.6 is 33.9 Å². The highest BCUT2D eigenvalue weighted by Crippen LogP contribution is 2.16. The molecule has 0 radical (unpaired) electrons. The van der Waals surface area contributed by atoms with Crippen molar-refractivity contribution in [1.29, 1.82) is 0 Å². The van der Waals surface area contributed by atoms with E-state index >= 15 is 0 Å². The molecule has 0 atom stereocenters. The van der Waals surface area contributed by atoms with Crippen molar-refractivity contribution >= 4 is 45.6 Å². The van der Waals surface area contributed by atoms with Gasteiger partial charge in [0.2, 0.25) is 0 Å². The monoisotopic (exact) mass is 371 g/mol. The molecule has 18 heavy (non-hydrogen) atoms. The van der Waals surface area contributed by atoms with Gasteiger partial charge in [-0.15, -0.1) is 11.3 Å². The Morgan fingerprint density at radius 3 is 2.50 bits per heavy atom. The number of ketones is 1. The molecule has 92 valence electrons. The molecule has 2 aromatic rings. The summed E-state index contributed by atoms with van der Waals surface area (Å²) in [4.78, 5) is 23.5. The van der Waals surface area contributed by atoms with E-state index in [-0.39, 0.29) is 18.2 Å². The van der Waals surface area contributed by atoms with E-state index in [4.69, 9.17) is 0 Å².